The molecule has 0 bridgehead atoms. The van der Waals surface area contributed by atoms with E-state index in [-0.39, 0.29) is 35.7 Å². The Morgan fingerprint density at radius 1 is 1.30 bits per heavy atom. The predicted molar refractivity (Wildman–Crippen MR) is 92.2 cm³/mol. The van der Waals surface area contributed by atoms with Crippen LogP contribution in [0.3, 0.4) is 0 Å². The van der Waals surface area contributed by atoms with Gasteiger partial charge in [0, 0.05) is 5.69 Å². The Morgan fingerprint density at radius 2 is 2.00 bits per heavy atom. The Kier molecular flexibility index (Phi) is 7.62. The number of anilines is 1. The topological polar surface area (TPSA) is 68.9 Å². The summed E-state index contributed by atoms with van der Waals surface area (Å²) in [4.78, 5) is 4.15. The zero-order valence-electron chi connectivity index (χ0n) is 12.1. The SMILES string of the molecule is I.NC(=NCC1=CCCOC1)Nc1ccc(OC(F)(F)F)cc1. The average molecular weight is 443 g/mol. The number of nitrogens with zero attached hydrogens (tertiary/aromatic N) is 1. The fourth-order valence-corrected chi connectivity index (χ4v) is 1.83. The van der Waals surface area contributed by atoms with Crippen LogP contribution in [0.25, 0.3) is 0 Å². The van der Waals surface area contributed by atoms with Crippen molar-refractivity contribution < 1.29 is 22.6 Å². The summed E-state index contributed by atoms with van der Waals surface area (Å²) in [6.45, 7) is 1.68. The predicted octanol–water partition coefficient (Wildman–Crippen LogP) is 3.28. The molecule has 1 heterocycles. The van der Waals surface area contributed by atoms with E-state index < -0.39 is 6.36 Å². The molecule has 0 saturated heterocycles. The van der Waals surface area contributed by atoms with Crippen LogP contribution in [0.4, 0.5) is 18.9 Å². The highest BCUT2D eigenvalue weighted by Gasteiger charge is 2.30. The number of aliphatic imine (C=N–C) groups is 1. The van der Waals surface area contributed by atoms with Crippen LogP contribution < -0.4 is 15.8 Å². The number of halogens is 4. The van der Waals surface area contributed by atoms with Gasteiger partial charge in [0.15, 0.2) is 5.96 Å². The molecule has 1 aliphatic heterocycles. The van der Waals surface area contributed by atoms with Gasteiger partial charge in [-0.25, -0.2) is 4.99 Å². The van der Waals surface area contributed by atoms with Gasteiger partial charge in [0.1, 0.15) is 5.75 Å². The minimum Gasteiger partial charge on any atom is -0.406 e. The van der Waals surface area contributed by atoms with Crippen molar-refractivity contribution in [3.8, 4) is 5.75 Å². The molecule has 5 nitrogen and oxygen atoms in total. The molecule has 1 aromatic carbocycles. The summed E-state index contributed by atoms with van der Waals surface area (Å²) in [6.07, 6.45) is -1.78. The third kappa shape index (κ3) is 7.55. The zero-order chi connectivity index (χ0) is 16.0. The first-order valence-electron chi connectivity index (χ1n) is 6.61. The third-order valence-electron chi connectivity index (χ3n) is 2.80. The van der Waals surface area contributed by atoms with Crippen LogP contribution in [0, 0.1) is 0 Å². The molecule has 0 spiro atoms. The van der Waals surface area contributed by atoms with Crippen molar-refractivity contribution in [1.82, 2.24) is 0 Å². The van der Waals surface area contributed by atoms with Crippen LogP contribution in [0.15, 0.2) is 40.9 Å². The number of benzene rings is 1. The summed E-state index contributed by atoms with van der Waals surface area (Å²) >= 11 is 0. The van der Waals surface area contributed by atoms with Gasteiger partial charge >= 0.3 is 6.36 Å². The van der Waals surface area contributed by atoms with Crippen LogP contribution in [0.2, 0.25) is 0 Å². The van der Waals surface area contributed by atoms with Crippen LogP contribution in [-0.2, 0) is 4.74 Å². The molecule has 0 aromatic heterocycles. The second-order valence-corrected chi connectivity index (χ2v) is 4.60. The number of nitrogens with two attached hydrogens (primary N) is 1. The minimum absolute atomic E-state index is 0. The zero-order valence-corrected chi connectivity index (χ0v) is 14.4. The smallest absolute Gasteiger partial charge is 0.406 e. The van der Waals surface area contributed by atoms with Gasteiger partial charge in [-0.3, -0.25) is 0 Å². The lowest BCUT2D eigenvalue weighted by atomic mass is 10.2. The lowest BCUT2D eigenvalue weighted by Gasteiger charge is -2.12. The molecule has 2 rings (SSSR count). The van der Waals surface area contributed by atoms with Gasteiger partial charge in [-0.15, -0.1) is 37.1 Å². The Morgan fingerprint density at radius 3 is 2.57 bits per heavy atom. The molecule has 0 radical (unpaired) electrons. The summed E-state index contributed by atoms with van der Waals surface area (Å²) in [7, 11) is 0. The molecule has 0 amide bonds. The van der Waals surface area contributed by atoms with Crippen molar-refractivity contribution in [3.63, 3.8) is 0 Å². The fourth-order valence-electron chi connectivity index (χ4n) is 1.83. The molecular formula is C14H17F3IN3O2. The second kappa shape index (κ2) is 8.96. The van der Waals surface area contributed by atoms with Crippen molar-refractivity contribution in [2.24, 2.45) is 10.7 Å². The maximum absolute atomic E-state index is 12.0. The third-order valence-corrected chi connectivity index (χ3v) is 2.80. The van der Waals surface area contributed by atoms with Crippen LogP contribution >= 0.6 is 24.0 Å². The fraction of sp³-hybridized carbons (Fsp3) is 0.357. The maximum Gasteiger partial charge on any atom is 0.573 e. The molecule has 128 valence electrons. The summed E-state index contributed by atoms with van der Waals surface area (Å²) in [5, 5.41) is 2.79. The van der Waals surface area contributed by atoms with Gasteiger partial charge in [0.05, 0.1) is 19.8 Å². The lowest BCUT2D eigenvalue weighted by molar-refractivity contribution is -0.274. The highest BCUT2D eigenvalue weighted by atomic mass is 127. The summed E-state index contributed by atoms with van der Waals surface area (Å²) in [5.74, 6) is -0.117. The highest BCUT2D eigenvalue weighted by molar-refractivity contribution is 14.0. The Bertz CT molecular complexity index is 559. The van der Waals surface area contributed by atoms with E-state index in [0.29, 0.717) is 25.4 Å². The Labute approximate surface area is 148 Å². The van der Waals surface area contributed by atoms with Gasteiger partial charge in [0.25, 0.3) is 0 Å². The number of ether oxygens (including phenoxy) is 2. The van der Waals surface area contributed by atoms with Crippen molar-refractivity contribution in [2.75, 3.05) is 25.1 Å². The molecule has 9 heteroatoms. The number of alkyl halides is 3. The van der Waals surface area contributed by atoms with Crippen molar-refractivity contribution in [3.05, 3.63) is 35.9 Å². The second-order valence-electron chi connectivity index (χ2n) is 4.60. The van der Waals surface area contributed by atoms with E-state index in [1.807, 2.05) is 0 Å². The van der Waals surface area contributed by atoms with Crippen LogP contribution in [0.5, 0.6) is 5.75 Å². The van der Waals surface area contributed by atoms with E-state index >= 15 is 0 Å². The molecule has 0 aliphatic carbocycles. The Balaban J connectivity index is 0.00000264. The molecular weight excluding hydrogens is 426 g/mol. The first-order valence-corrected chi connectivity index (χ1v) is 6.61. The minimum atomic E-state index is -4.70. The van der Waals surface area contributed by atoms with Gasteiger partial charge in [-0.1, -0.05) is 6.08 Å². The molecule has 1 aromatic rings. The molecule has 1 aliphatic rings. The molecule has 0 fully saturated rings. The Hall–Kier alpha value is -1.49. The normalized spacial score (nSPS) is 15.4. The van der Waals surface area contributed by atoms with Crippen molar-refractivity contribution in [1.29, 1.82) is 0 Å². The molecule has 0 atom stereocenters. The van der Waals surface area contributed by atoms with E-state index in [2.05, 4.69) is 21.1 Å². The number of hydrogen-bond donors (Lipinski definition) is 2. The number of nitrogens with one attached hydrogen (secondary N) is 1. The van der Waals surface area contributed by atoms with Crippen molar-refractivity contribution >= 4 is 35.6 Å². The molecule has 23 heavy (non-hydrogen) atoms. The standard InChI is InChI=1S/C14H16F3N3O2.HI/c15-14(16,17)22-12-5-3-11(4-6-12)20-13(18)19-8-10-2-1-7-21-9-10;/h2-6H,1,7-9H2,(H3,18,19,20);1H. The summed E-state index contributed by atoms with van der Waals surface area (Å²) < 4.78 is 45.2. The first-order chi connectivity index (χ1) is 10.4. The van der Waals surface area contributed by atoms with E-state index in [1.165, 1.54) is 24.3 Å². The van der Waals surface area contributed by atoms with E-state index in [4.69, 9.17) is 10.5 Å². The molecule has 0 saturated carbocycles. The summed E-state index contributed by atoms with van der Waals surface area (Å²) in [5.41, 5.74) is 7.29. The maximum atomic E-state index is 12.0. The van der Waals surface area contributed by atoms with Gasteiger partial charge < -0.3 is 20.5 Å². The number of hydrogen-bond acceptors (Lipinski definition) is 3. The van der Waals surface area contributed by atoms with Gasteiger partial charge in [-0.05, 0) is 36.3 Å². The van der Waals surface area contributed by atoms with E-state index in [9.17, 15) is 13.2 Å². The highest BCUT2D eigenvalue weighted by Crippen LogP contribution is 2.23. The number of rotatable bonds is 4. The van der Waals surface area contributed by atoms with Gasteiger partial charge in [-0.2, -0.15) is 0 Å². The summed E-state index contributed by atoms with van der Waals surface area (Å²) in [6, 6.07) is 5.24. The van der Waals surface area contributed by atoms with Crippen LogP contribution in [-0.4, -0.2) is 32.1 Å². The van der Waals surface area contributed by atoms with E-state index in [1.54, 1.807) is 0 Å². The molecule has 3 N–H and O–H groups in total. The van der Waals surface area contributed by atoms with Crippen molar-refractivity contribution in [2.45, 2.75) is 12.8 Å². The quantitative estimate of drug-likeness (QED) is 0.325. The van der Waals surface area contributed by atoms with E-state index in [0.717, 1.165) is 12.0 Å². The van der Waals surface area contributed by atoms with Gasteiger partial charge in [0.2, 0.25) is 0 Å². The van der Waals surface area contributed by atoms with Crippen LogP contribution in [0.1, 0.15) is 6.42 Å². The number of guanidine groups is 1. The first kappa shape index (κ1) is 19.6. The average Bonchev–Trinajstić information content (AvgIpc) is 2.47. The lowest BCUT2D eigenvalue weighted by Crippen LogP contribution is -2.23. The largest absolute Gasteiger partial charge is 0.573 e. The monoisotopic (exact) mass is 443 g/mol. The molecule has 0 unspecified atom stereocenters.